The van der Waals surface area contributed by atoms with Crippen LogP contribution in [-0.4, -0.2) is 61.6 Å². The van der Waals surface area contributed by atoms with Crippen molar-refractivity contribution in [1.29, 1.82) is 0 Å². The van der Waals surface area contributed by atoms with Gasteiger partial charge in [-0.25, -0.2) is 14.2 Å². The molecule has 1 unspecified atom stereocenters. The van der Waals surface area contributed by atoms with Crippen LogP contribution in [0.25, 0.3) is 5.69 Å². The van der Waals surface area contributed by atoms with Gasteiger partial charge in [0.1, 0.15) is 5.82 Å². The Kier molecular flexibility index (Phi) is 5.80. The minimum absolute atomic E-state index is 0.0143. The van der Waals surface area contributed by atoms with Crippen LogP contribution < -0.4 is 11.0 Å². The molecule has 30 heavy (non-hydrogen) atoms. The second-order valence-electron chi connectivity index (χ2n) is 7.84. The van der Waals surface area contributed by atoms with E-state index in [-0.39, 0.29) is 17.6 Å². The first-order valence-corrected chi connectivity index (χ1v) is 10.2. The molecule has 0 saturated heterocycles. The molecule has 1 aromatic carbocycles. The molecule has 1 atom stereocenters. The highest BCUT2D eigenvalue weighted by molar-refractivity contribution is 5.97. The van der Waals surface area contributed by atoms with E-state index in [0.29, 0.717) is 31.5 Å². The highest BCUT2D eigenvalue weighted by Crippen LogP contribution is 2.16. The molecular formula is C21H27N7O2. The van der Waals surface area contributed by atoms with Crippen molar-refractivity contribution in [2.75, 3.05) is 20.6 Å². The Labute approximate surface area is 174 Å². The topological polar surface area (TPSA) is 90.0 Å². The van der Waals surface area contributed by atoms with Crippen molar-refractivity contribution in [3.05, 3.63) is 64.6 Å². The van der Waals surface area contributed by atoms with Crippen LogP contribution in [0.15, 0.2) is 47.5 Å². The SMILES string of the molecule is CN(C)CCn1nc2n(c1=O)CCC(NC(=O)c1ccccc1-n1cccn1)CC2. The summed E-state index contributed by atoms with van der Waals surface area (Å²) in [7, 11) is 3.95. The summed E-state index contributed by atoms with van der Waals surface area (Å²) in [5.74, 6) is 0.668. The number of nitrogens with zero attached hydrogens (tertiary/aromatic N) is 6. The van der Waals surface area contributed by atoms with Gasteiger partial charge in [0, 0.05) is 37.9 Å². The van der Waals surface area contributed by atoms with Crippen molar-refractivity contribution >= 4 is 5.91 Å². The van der Waals surface area contributed by atoms with Gasteiger partial charge in [-0.3, -0.25) is 9.36 Å². The predicted octanol–water partition coefficient (Wildman–Crippen LogP) is 0.927. The summed E-state index contributed by atoms with van der Waals surface area (Å²) in [6, 6.07) is 9.23. The normalized spacial score (nSPS) is 16.3. The summed E-state index contributed by atoms with van der Waals surface area (Å²) in [6.07, 6.45) is 5.61. The molecule has 0 aliphatic carbocycles. The quantitative estimate of drug-likeness (QED) is 0.654. The lowest BCUT2D eigenvalue weighted by molar-refractivity contribution is 0.0932. The lowest BCUT2D eigenvalue weighted by Crippen LogP contribution is -2.36. The molecular weight excluding hydrogens is 382 g/mol. The van der Waals surface area contributed by atoms with Gasteiger partial charge in [-0.1, -0.05) is 12.1 Å². The molecule has 9 heteroatoms. The number of fused-ring (bicyclic) bond motifs is 1. The number of nitrogens with one attached hydrogen (secondary N) is 1. The van der Waals surface area contributed by atoms with Crippen LogP contribution in [0, 0.1) is 0 Å². The largest absolute Gasteiger partial charge is 0.349 e. The van der Waals surface area contributed by atoms with Gasteiger partial charge in [0.2, 0.25) is 0 Å². The number of carbonyl (C=O) groups excluding carboxylic acids is 1. The maximum absolute atomic E-state index is 13.0. The number of carbonyl (C=O) groups is 1. The minimum Gasteiger partial charge on any atom is -0.349 e. The van der Waals surface area contributed by atoms with Crippen LogP contribution in [-0.2, 0) is 19.5 Å². The molecule has 0 spiro atoms. The van der Waals surface area contributed by atoms with Gasteiger partial charge in [-0.2, -0.15) is 10.2 Å². The number of aromatic nitrogens is 5. The molecule has 2 aromatic heterocycles. The lowest BCUT2D eigenvalue weighted by atomic mass is 10.1. The Hall–Kier alpha value is -3.20. The number of para-hydroxylation sites is 1. The molecule has 4 rings (SSSR count). The third-order valence-corrected chi connectivity index (χ3v) is 5.41. The van der Waals surface area contributed by atoms with Crippen LogP contribution in [0.3, 0.4) is 0 Å². The zero-order chi connectivity index (χ0) is 21.1. The maximum Gasteiger partial charge on any atom is 0.345 e. The summed E-state index contributed by atoms with van der Waals surface area (Å²) in [4.78, 5) is 27.7. The van der Waals surface area contributed by atoms with Crippen molar-refractivity contribution < 1.29 is 4.79 Å². The lowest BCUT2D eigenvalue weighted by Gasteiger charge is -2.17. The predicted molar refractivity (Wildman–Crippen MR) is 113 cm³/mol. The van der Waals surface area contributed by atoms with Gasteiger partial charge in [0.25, 0.3) is 5.91 Å². The number of aryl methyl sites for hydroxylation is 1. The van der Waals surface area contributed by atoms with E-state index in [0.717, 1.165) is 24.5 Å². The molecule has 0 radical (unpaired) electrons. The number of rotatable bonds is 6. The van der Waals surface area contributed by atoms with Crippen LogP contribution in [0.2, 0.25) is 0 Å². The van der Waals surface area contributed by atoms with E-state index >= 15 is 0 Å². The van der Waals surface area contributed by atoms with Crippen LogP contribution >= 0.6 is 0 Å². The first-order valence-electron chi connectivity index (χ1n) is 10.2. The molecule has 0 fully saturated rings. The molecule has 0 saturated carbocycles. The van der Waals surface area contributed by atoms with E-state index in [1.54, 1.807) is 26.2 Å². The van der Waals surface area contributed by atoms with Crippen molar-refractivity contribution in [1.82, 2.24) is 34.3 Å². The Morgan fingerprint density at radius 1 is 1.23 bits per heavy atom. The molecule has 1 aliphatic rings. The third-order valence-electron chi connectivity index (χ3n) is 5.41. The summed E-state index contributed by atoms with van der Waals surface area (Å²) < 4.78 is 4.99. The monoisotopic (exact) mass is 409 g/mol. The van der Waals surface area contributed by atoms with Crippen LogP contribution in [0.5, 0.6) is 0 Å². The molecule has 1 aliphatic heterocycles. The fourth-order valence-electron chi connectivity index (χ4n) is 3.75. The molecule has 1 N–H and O–H groups in total. The zero-order valence-corrected chi connectivity index (χ0v) is 17.4. The molecule has 9 nitrogen and oxygen atoms in total. The van der Waals surface area contributed by atoms with E-state index in [2.05, 4.69) is 15.5 Å². The smallest absolute Gasteiger partial charge is 0.345 e. The van der Waals surface area contributed by atoms with Crippen molar-refractivity contribution in [3.63, 3.8) is 0 Å². The first-order chi connectivity index (χ1) is 14.5. The van der Waals surface area contributed by atoms with Gasteiger partial charge in [0.15, 0.2) is 0 Å². The number of likely N-dealkylation sites (N-methyl/N-ethyl adjacent to an activating group) is 1. The molecule has 3 aromatic rings. The van der Waals surface area contributed by atoms with E-state index in [1.165, 1.54) is 0 Å². The standard InChI is InChI=1S/C21H27N7O2/c1-25(2)14-15-28-21(30)26-13-10-16(8-9-19(26)24-28)23-20(29)17-6-3-4-7-18(17)27-12-5-11-22-27/h3-7,11-12,16H,8-10,13-15H2,1-2H3,(H,23,29). The third kappa shape index (κ3) is 4.20. The summed E-state index contributed by atoms with van der Waals surface area (Å²) >= 11 is 0. The Morgan fingerprint density at radius 3 is 2.83 bits per heavy atom. The average molecular weight is 409 g/mol. The molecule has 0 bridgehead atoms. The maximum atomic E-state index is 13.0. The number of hydrogen-bond acceptors (Lipinski definition) is 5. The highest BCUT2D eigenvalue weighted by atomic mass is 16.2. The van der Waals surface area contributed by atoms with Crippen LogP contribution in [0.1, 0.15) is 29.0 Å². The summed E-state index contributed by atoms with van der Waals surface area (Å²) in [6.45, 7) is 1.91. The van der Waals surface area contributed by atoms with Gasteiger partial charge in [0.05, 0.1) is 17.8 Å². The van der Waals surface area contributed by atoms with Crippen molar-refractivity contribution in [2.24, 2.45) is 0 Å². The van der Waals surface area contributed by atoms with E-state index < -0.39 is 0 Å². The van der Waals surface area contributed by atoms with Gasteiger partial charge < -0.3 is 10.2 Å². The van der Waals surface area contributed by atoms with Gasteiger partial charge in [-0.05, 0) is 45.1 Å². The summed E-state index contributed by atoms with van der Waals surface area (Å²) in [5.41, 5.74) is 1.25. The number of benzene rings is 1. The van der Waals surface area contributed by atoms with E-state index in [1.807, 2.05) is 49.5 Å². The number of amides is 1. The fraction of sp³-hybridized carbons (Fsp3) is 0.429. The number of hydrogen-bond donors (Lipinski definition) is 1. The van der Waals surface area contributed by atoms with Gasteiger partial charge >= 0.3 is 5.69 Å². The average Bonchev–Trinajstić information content (AvgIpc) is 3.32. The Balaban J connectivity index is 1.44. The first kappa shape index (κ1) is 20.1. The van der Waals surface area contributed by atoms with Crippen molar-refractivity contribution in [2.45, 2.75) is 38.4 Å². The highest BCUT2D eigenvalue weighted by Gasteiger charge is 2.23. The van der Waals surface area contributed by atoms with E-state index in [4.69, 9.17) is 0 Å². The zero-order valence-electron chi connectivity index (χ0n) is 17.4. The van der Waals surface area contributed by atoms with Crippen LogP contribution in [0.4, 0.5) is 0 Å². The van der Waals surface area contributed by atoms with Gasteiger partial charge in [-0.15, -0.1) is 0 Å². The molecule has 3 heterocycles. The fourth-order valence-corrected chi connectivity index (χ4v) is 3.75. The second kappa shape index (κ2) is 8.66. The van der Waals surface area contributed by atoms with E-state index in [9.17, 15) is 9.59 Å². The van der Waals surface area contributed by atoms with Crippen molar-refractivity contribution in [3.8, 4) is 5.69 Å². The second-order valence-corrected chi connectivity index (χ2v) is 7.84. The molecule has 158 valence electrons. The molecule has 1 amide bonds. The minimum atomic E-state index is -0.131. The summed E-state index contributed by atoms with van der Waals surface area (Å²) in [5, 5.41) is 11.9. The Morgan fingerprint density at radius 2 is 2.07 bits per heavy atom. The Bertz CT molecular complexity index is 1070.